The summed E-state index contributed by atoms with van der Waals surface area (Å²) in [6, 6.07) is 13.0. The van der Waals surface area contributed by atoms with Crippen LogP contribution in [0.15, 0.2) is 42.5 Å². The topological polar surface area (TPSA) is 67.9 Å². The maximum Gasteiger partial charge on any atom is 0.262 e. The quantitative estimate of drug-likeness (QED) is 0.833. The number of methoxy groups -OCH3 is 1. The summed E-state index contributed by atoms with van der Waals surface area (Å²) in [6.07, 6.45) is 0.834. The van der Waals surface area contributed by atoms with E-state index >= 15 is 0 Å². The Morgan fingerprint density at radius 1 is 1.11 bits per heavy atom. The van der Waals surface area contributed by atoms with Crippen molar-refractivity contribution in [2.24, 2.45) is 5.92 Å². The third-order valence-electron chi connectivity index (χ3n) is 4.72. The van der Waals surface area contributed by atoms with Crippen LogP contribution in [0, 0.1) is 5.92 Å². The number of benzene rings is 2. The molecule has 6 nitrogen and oxygen atoms in total. The number of nitrogens with zero attached hydrogens (tertiary/aromatic N) is 1. The van der Waals surface area contributed by atoms with Gasteiger partial charge in [-0.2, -0.15) is 0 Å². The van der Waals surface area contributed by atoms with E-state index in [4.69, 9.17) is 9.47 Å². The van der Waals surface area contributed by atoms with E-state index < -0.39 is 0 Å². The Hall–Kier alpha value is -3.02. The van der Waals surface area contributed by atoms with Gasteiger partial charge in [-0.15, -0.1) is 0 Å². The van der Waals surface area contributed by atoms with Gasteiger partial charge in [-0.05, 0) is 41.8 Å². The van der Waals surface area contributed by atoms with Crippen LogP contribution in [0.25, 0.3) is 0 Å². The zero-order valence-corrected chi connectivity index (χ0v) is 16.5. The van der Waals surface area contributed by atoms with Crippen LogP contribution >= 0.6 is 0 Å². The SMILES string of the molecule is COc1cccc(OCC(=O)Nc2ccc3c(c2)CN(C(=O)C(C)C)CC3)c1. The molecule has 28 heavy (non-hydrogen) atoms. The number of nitrogens with one attached hydrogen (secondary N) is 1. The highest BCUT2D eigenvalue weighted by Gasteiger charge is 2.22. The van der Waals surface area contributed by atoms with Crippen LogP contribution in [0.4, 0.5) is 5.69 Å². The Bertz CT molecular complexity index is 863. The predicted molar refractivity (Wildman–Crippen MR) is 108 cm³/mol. The molecule has 148 valence electrons. The van der Waals surface area contributed by atoms with Crippen LogP contribution < -0.4 is 14.8 Å². The monoisotopic (exact) mass is 382 g/mol. The van der Waals surface area contributed by atoms with Gasteiger partial charge in [0.15, 0.2) is 6.61 Å². The first kappa shape index (κ1) is 19.7. The van der Waals surface area contributed by atoms with Crippen molar-refractivity contribution >= 4 is 17.5 Å². The zero-order chi connectivity index (χ0) is 20.1. The highest BCUT2D eigenvalue weighted by atomic mass is 16.5. The van der Waals surface area contributed by atoms with Gasteiger partial charge >= 0.3 is 0 Å². The van der Waals surface area contributed by atoms with Crippen molar-refractivity contribution in [3.8, 4) is 11.5 Å². The van der Waals surface area contributed by atoms with E-state index in [-0.39, 0.29) is 24.3 Å². The Kier molecular flexibility index (Phi) is 6.19. The van der Waals surface area contributed by atoms with E-state index in [9.17, 15) is 9.59 Å². The molecule has 0 saturated carbocycles. The van der Waals surface area contributed by atoms with Crippen molar-refractivity contribution in [3.63, 3.8) is 0 Å². The second kappa shape index (κ2) is 8.78. The number of carbonyl (C=O) groups excluding carboxylic acids is 2. The van der Waals surface area contributed by atoms with Crippen molar-refractivity contribution in [1.29, 1.82) is 0 Å². The van der Waals surface area contributed by atoms with Gasteiger partial charge in [0, 0.05) is 30.8 Å². The van der Waals surface area contributed by atoms with Crippen LogP contribution in [0.3, 0.4) is 0 Å². The summed E-state index contributed by atoms with van der Waals surface area (Å²) >= 11 is 0. The fourth-order valence-corrected chi connectivity index (χ4v) is 3.23. The molecule has 0 aliphatic carbocycles. The summed E-state index contributed by atoms with van der Waals surface area (Å²) in [7, 11) is 1.58. The fraction of sp³-hybridized carbons (Fsp3) is 0.364. The van der Waals surface area contributed by atoms with Gasteiger partial charge in [-0.25, -0.2) is 0 Å². The van der Waals surface area contributed by atoms with Gasteiger partial charge in [0.05, 0.1) is 7.11 Å². The molecule has 0 fully saturated rings. The molecule has 0 radical (unpaired) electrons. The van der Waals surface area contributed by atoms with Crippen molar-refractivity contribution < 1.29 is 19.1 Å². The smallest absolute Gasteiger partial charge is 0.262 e. The summed E-state index contributed by atoms with van der Waals surface area (Å²) in [4.78, 5) is 26.4. The lowest BCUT2D eigenvalue weighted by Crippen LogP contribution is -2.38. The molecule has 0 saturated heterocycles. The minimum atomic E-state index is -0.242. The minimum Gasteiger partial charge on any atom is -0.497 e. The third kappa shape index (κ3) is 4.82. The molecular weight excluding hydrogens is 356 g/mol. The molecule has 1 aliphatic rings. The van der Waals surface area contributed by atoms with Crippen molar-refractivity contribution in [2.45, 2.75) is 26.8 Å². The van der Waals surface area contributed by atoms with E-state index in [0.29, 0.717) is 23.7 Å². The molecule has 1 N–H and O–H groups in total. The van der Waals surface area contributed by atoms with Crippen LogP contribution in [0.2, 0.25) is 0 Å². The normalized spacial score (nSPS) is 13.1. The second-order valence-corrected chi connectivity index (χ2v) is 7.16. The zero-order valence-electron chi connectivity index (χ0n) is 16.5. The van der Waals surface area contributed by atoms with Gasteiger partial charge in [0.2, 0.25) is 5.91 Å². The number of hydrogen-bond donors (Lipinski definition) is 1. The number of rotatable bonds is 6. The van der Waals surface area contributed by atoms with Gasteiger partial charge < -0.3 is 19.7 Å². The predicted octanol–water partition coefficient (Wildman–Crippen LogP) is 3.25. The summed E-state index contributed by atoms with van der Waals surface area (Å²) in [5, 5.41) is 2.86. The van der Waals surface area contributed by atoms with Crippen molar-refractivity contribution in [3.05, 3.63) is 53.6 Å². The lowest BCUT2D eigenvalue weighted by molar-refractivity contribution is -0.135. The first-order valence-electron chi connectivity index (χ1n) is 9.43. The van der Waals surface area contributed by atoms with Gasteiger partial charge in [-0.1, -0.05) is 26.0 Å². The van der Waals surface area contributed by atoms with E-state index in [0.717, 1.165) is 18.5 Å². The molecule has 3 rings (SSSR count). The molecule has 6 heteroatoms. The van der Waals surface area contributed by atoms with E-state index in [1.54, 1.807) is 25.3 Å². The lowest BCUT2D eigenvalue weighted by atomic mass is 9.98. The summed E-state index contributed by atoms with van der Waals surface area (Å²) < 4.78 is 10.7. The molecule has 2 aromatic carbocycles. The second-order valence-electron chi connectivity index (χ2n) is 7.16. The minimum absolute atomic E-state index is 0.0156. The number of hydrogen-bond acceptors (Lipinski definition) is 4. The van der Waals surface area contributed by atoms with Crippen LogP contribution in [0.5, 0.6) is 11.5 Å². The summed E-state index contributed by atoms with van der Waals surface area (Å²) in [6.45, 7) is 5.05. The number of carbonyl (C=O) groups is 2. The van der Waals surface area contributed by atoms with Crippen molar-refractivity contribution in [1.82, 2.24) is 4.90 Å². The molecule has 0 spiro atoms. The first-order chi connectivity index (χ1) is 13.5. The molecule has 0 bridgehead atoms. The van der Waals surface area contributed by atoms with Crippen LogP contribution in [-0.4, -0.2) is 37.0 Å². The molecule has 1 heterocycles. The number of fused-ring (bicyclic) bond motifs is 1. The standard InChI is InChI=1S/C22H26N2O4/c1-15(2)22(26)24-10-9-16-7-8-18(11-17(16)13-24)23-21(25)14-28-20-6-4-5-19(12-20)27-3/h4-8,11-12,15H,9-10,13-14H2,1-3H3,(H,23,25). The van der Waals surface area contributed by atoms with Crippen LogP contribution in [-0.2, 0) is 22.6 Å². The maximum absolute atomic E-state index is 12.3. The number of amides is 2. The molecule has 0 aromatic heterocycles. The number of ether oxygens (including phenoxy) is 2. The molecule has 2 aromatic rings. The van der Waals surface area contributed by atoms with Gasteiger partial charge in [-0.3, -0.25) is 9.59 Å². The first-order valence-corrected chi connectivity index (χ1v) is 9.43. The Morgan fingerprint density at radius 2 is 1.89 bits per heavy atom. The Balaban J connectivity index is 1.59. The Labute approximate surface area is 165 Å². The maximum atomic E-state index is 12.3. The van der Waals surface area contributed by atoms with E-state index in [1.807, 2.05) is 43.0 Å². The highest BCUT2D eigenvalue weighted by Crippen LogP contribution is 2.24. The Morgan fingerprint density at radius 3 is 2.64 bits per heavy atom. The van der Waals surface area contributed by atoms with Crippen LogP contribution in [0.1, 0.15) is 25.0 Å². The van der Waals surface area contributed by atoms with E-state index in [1.165, 1.54) is 5.56 Å². The van der Waals surface area contributed by atoms with Gasteiger partial charge in [0.1, 0.15) is 11.5 Å². The molecule has 0 unspecified atom stereocenters. The third-order valence-corrected chi connectivity index (χ3v) is 4.72. The molecule has 2 amide bonds. The largest absolute Gasteiger partial charge is 0.497 e. The van der Waals surface area contributed by atoms with E-state index in [2.05, 4.69) is 5.32 Å². The van der Waals surface area contributed by atoms with Crippen molar-refractivity contribution in [2.75, 3.05) is 25.6 Å². The van der Waals surface area contributed by atoms with Gasteiger partial charge in [0.25, 0.3) is 5.91 Å². The lowest BCUT2D eigenvalue weighted by Gasteiger charge is -2.30. The molecule has 0 atom stereocenters. The molecular formula is C22H26N2O4. The fourth-order valence-electron chi connectivity index (χ4n) is 3.23. The summed E-state index contributed by atoms with van der Waals surface area (Å²) in [5.74, 6) is 1.15. The average Bonchev–Trinajstić information content (AvgIpc) is 2.71. The highest BCUT2D eigenvalue weighted by molar-refractivity contribution is 5.92. The molecule has 1 aliphatic heterocycles. The average molecular weight is 382 g/mol. The number of anilines is 1. The summed E-state index contributed by atoms with van der Waals surface area (Å²) in [5.41, 5.74) is 3.00.